The number of hydrogen-bond donors (Lipinski definition) is 2. The summed E-state index contributed by atoms with van der Waals surface area (Å²) in [5.74, 6) is 0.999. The van der Waals surface area contributed by atoms with E-state index in [0.29, 0.717) is 11.5 Å². The summed E-state index contributed by atoms with van der Waals surface area (Å²) < 4.78 is 0. The van der Waals surface area contributed by atoms with Gasteiger partial charge in [0.15, 0.2) is 0 Å². The number of thiocarbonyl (C=S) groups is 1. The Morgan fingerprint density at radius 1 is 1.42 bits per heavy atom. The molecule has 0 saturated carbocycles. The Balaban J connectivity index is 2.45. The lowest BCUT2D eigenvalue weighted by Crippen LogP contribution is -2.31. The fourth-order valence-corrected chi connectivity index (χ4v) is 2.12. The molecule has 0 aliphatic heterocycles. The smallest absolute Gasteiger partial charge is 0.238 e. The molecule has 0 fully saturated rings. The van der Waals surface area contributed by atoms with Crippen LogP contribution >= 0.6 is 24.0 Å². The summed E-state index contributed by atoms with van der Waals surface area (Å²) in [6.45, 7) is 1.28. The van der Waals surface area contributed by atoms with Gasteiger partial charge in [-0.05, 0) is 37.6 Å². The van der Waals surface area contributed by atoms with Crippen LogP contribution in [-0.2, 0) is 4.79 Å². The van der Waals surface area contributed by atoms with Crippen LogP contribution in [0.4, 0.5) is 5.69 Å². The number of nitrogens with one attached hydrogen (secondary N) is 1. The van der Waals surface area contributed by atoms with E-state index in [-0.39, 0.29) is 5.91 Å². The summed E-state index contributed by atoms with van der Waals surface area (Å²) in [6.07, 6.45) is 2.05. The first-order chi connectivity index (χ1) is 9.02. The molecule has 0 heterocycles. The van der Waals surface area contributed by atoms with Crippen LogP contribution in [0.15, 0.2) is 24.3 Å². The lowest BCUT2D eigenvalue weighted by atomic mass is 10.2. The number of rotatable bonds is 7. The maximum absolute atomic E-state index is 11.8. The van der Waals surface area contributed by atoms with Crippen LogP contribution in [0.25, 0.3) is 0 Å². The highest BCUT2D eigenvalue weighted by atomic mass is 32.2. The topological polar surface area (TPSA) is 58.4 Å². The molecule has 1 aromatic rings. The van der Waals surface area contributed by atoms with Gasteiger partial charge in [0, 0.05) is 23.5 Å². The lowest BCUT2D eigenvalue weighted by Gasteiger charge is -2.15. The second-order valence-electron chi connectivity index (χ2n) is 4.22. The monoisotopic (exact) mass is 297 g/mol. The zero-order valence-corrected chi connectivity index (χ0v) is 12.8. The SMILES string of the molecule is CSCCN(C)CC(=O)Nc1ccc(C(N)=S)cc1. The first-order valence-electron chi connectivity index (χ1n) is 5.90. The number of benzene rings is 1. The van der Waals surface area contributed by atoms with E-state index in [1.807, 2.05) is 11.9 Å². The molecule has 104 valence electrons. The second kappa shape index (κ2) is 8.14. The van der Waals surface area contributed by atoms with Crippen LogP contribution in [0.3, 0.4) is 0 Å². The van der Waals surface area contributed by atoms with Gasteiger partial charge in [0.2, 0.25) is 5.91 Å². The predicted molar refractivity (Wildman–Crippen MR) is 86.8 cm³/mol. The molecule has 0 atom stereocenters. The molecule has 1 aromatic carbocycles. The van der Waals surface area contributed by atoms with Gasteiger partial charge >= 0.3 is 0 Å². The van der Waals surface area contributed by atoms with E-state index in [0.717, 1.165) is 23.5 Å². The fourth-order valence-electron chi connectivity index (χ4n) is 1.49. The van der Waals surface area contributed by atoms with Gasteiger partial charge in [0.1, 0.15) is 4.99 Å². The number of anilines is 1. The summed E-state index contributed by atoms with van der Waals surface area (Å²) in [6, 6.07) is 7.20. The highest BCUT2D eigenvalue weighted by Gasteiger charge is 2.06. The number of nitrogens with two attached hydrogens (primary N) is 1. The summed E-state index contributed by atoms with van der Waals surface area (Å²) >= 11 is 6.64. The van der Waals surface area contributed by atoms with E-state index in [1.54, 1.807) is 36.0 Å². The molecular weight excluding hydrogens is 278 g/mol. The Bertz CT molecular complexity index is 434. The molecule has 3 N–H and O–H groups in total. The van der Waals surface area contributed by atoms with E-state index >= 15 is 0 Å². The fraction of sp³-hybridized carbons (Fsp3) is 0.385. The van der Waals surface area contributed by atoms with Crippen molar-refractivity contribution in [1.29, 1.82) is 0 Å². The number of nitrogens with zero attached hydrogens (tertiary/aromatic N) is 1. The van der Waals surface area contributed by atoms with Crippen molar-refractivity contribution < 1.29 is 4.79 Å². The number of amides is 1. The Kier molecular flexibility index (Phi) is 6.83. The normalized spacial score (nSPS) is 10.5. The molecule has 0 spiro atoms. The third kappa shape index (κ3) is 6.04. The van der Waals surface area contributed by atoms with Crippen molar-refractivity contribution in [2.45, 2.75) is 0 Å². The van der Waals surface area contributed by atoms with Crippen molar-refractivity contribution in [2.75, 3.05) is 37.5 Å². The van der Waals surface area contributed by atoms with Gasteiger partial charge in [-0.3, -0.25) is 9.69 Å². The van der Waals surface area contributed by atoms with Crippen LogP contribution < -0.4 is 11.1 Å². The molecular formula is C13H19N3OS2. The number of carbonyl (C=O) groups excluding carboxylic acids is 1. The van der Waals surface area contributed by atoms with Crippen LogP contribution in [0.5, 0.6) is 0 Å². The van der Waals surface area contributed by atoms with Gasteiger partial charge in [-0.15, -0.1) is 0 Å². The zero-order valence-electron chi connectivity index (χ0n) is 11.2. The Morgan fingerprint density at radius 3 is 2.58 bits per heavy atom. The van der Waals surface area contributed by atoms with Crippen LogP contribution in [0, 0.1) is 0 Å². The molecule has 0 aliphatic rings. The van der Waals surface area contributed by atoms with Gasteiger partial charge in [0.25, 0.3) is 0 Å². The molecule has 0 bridgehead atoms. The molecule has 0 aliphatic carbocycles. The lowest BCUT2D eigenvalue weighted by molar-refractivity contribution is -0.117. The van der Waals surface area contributed by atoms with Crippen molar-refractivity contribution in [3.05, 3.63) is 29.8 Å². The third-order valence-electron chi connectivity index (χ3n) is 2.54. The molecule has 1 amide bonds. The summed E-state index contributed by atoms with van der Waals surface area (Å²) in [5.41, 5.74) is 7.06. The quantitative estimate of drug-likeness (QED) is 0.748. The van der Waals surface area contributed by atoms with Gasteiger partial charge < -0.3 is 11.1 Å². The number of thioether (sulfide) groups is 1. The molecule has 0 unspecified atom stereocenters. The third-order valence-corrected chi connectivity index (χ3v) is 3.37. The molecule has 19 heavy (non-hydrogen) atoms. The number of hydrogen-bond acceptors (Lipinski definition) is 4. The Hall–Kier alpha value is -1.11. The van der Waals surface area contributed by atoms with E-state index in [1.165, 1.54) is 0 Å². The maximum Gasteiger partial charge on any atom is 0.238 e. The van der Waals surface area contributed by atoms with Gasteiger partial charge in [-0.2, -0.15) is 11.8 Å². The van der Waals surface area contributed by atoms with Crippen LogP contribution in [0.1, 0.15) is 5.56 Å². The average Bonchev–Trinajstić information content (AvgIpc) is 2.36. The van der Waals surface area contributed by atoms with Crippen molar-refractivity contribution in [2.24, 2.45) is 5.73 Å². The van der Waals surface area contributed by atoms with Gasteiger partial charge in [-0.25, -0.2) is 0 Å². The van der Waals surface area contributed by atoms with Crippen molar-refractivity contribution >= 4 is 40.6 Å². The molecule has 1 rings (SSSR count). The minimum atomic E-state index is -0.0216. The molecule has 0 saturated heterocycles. The van der Waals surface area contributed by atoms with E-state index < -0.39 is 0 Å². The predicted octanol–water partition coefficient (Wildman–Crippen LogP) is 1.55. The largest absolute Gasteiger partial charge is 0.389 e. The summed E-state index contributed by atoms with van der Waals surface area (Å²) in [7, 11) is 1.94. The Morgan fingerprint density at radius 2 is 2.05 bits per heavy atom. The standard InChI is InChI=1S/C13H19N3OS2/c1-16(7-8-19-2)9-12(17)15-11-5-3-10(4-6-11)13(14)18/h3-6H,7-9H2,1-2H3,(H2,14,18)(H,15,17). The summed E-state index contributed by atoms with van der Waals surface area (Å²) in [5, 5.41) is 2.84. The van der Waals surface area contributed by atoms with Gasteiger partial charge in [-0.1, -0.05) is 12.2 Å². The molecule has 4 nitrogen and oxygen atoms in total. The number of carbonyl (C=O) groups is 1. The second-order valence-corrected chi connectivity index (χ2v) is 5.65. The van der Waals surface area contributed by atoms with Gasteiger partial charge in [0.05, 0.1) is 6.54 Å². The van der Waals surface area contributed by atoms with Crippen molar-refractivity contribution in [3.63, 3.8) is 0 Å². The van der Waals surface area contributed by atoms with E-state index in [4.69, 9.17) is 18.0 Å². The minimum Gasteiger partial charge on any atom is -0.389 e. The maximum atomic E-state index is 11.8. The number of likely N-dealkylation sites (N-methyl/N-ethyl adjacent to an activating group) is 1. The van der Waals surface area contributed by atoms with Crippen molar-refractivity contribution in [1.82, 2.24) is 4.90 Å². The van der Waals surface area contributed by atoms with Crippen LogP contribution in [-0.4, -0.2) is 47.9 Å². The molecule has 0 aromatic heterocycles. The highest BCUT2D eigenvalue weighted by Crippen LogP contribution is 2.09. The van der Waals surface area contributed by atoms with Crippen molar-refractivity contribution in [3.8, 4) is 0 Å². The van der Waals surface area contributed by atoms with Crippen LogP contribution in [0.2, 0.25) is 0 Å². The average molecular weight is 297 g/mol. The summed E-state index contributed by atoms with van der Waals surface area (Å²) in [4.78, 5) is 14.1. The van der Waals surface area contributed by atoms with E-state index in [2.05, 4.69) is 11.6 Å². The molecule has 6 heteroatoms. The Labute approximate surface area is 123 Å². The first kappa shape index (κ1) is 15.9. The van der Waals surface area contributed by atoms with E-state index in [9.17, 15) is 4.79 Å². The highest BCUT2D eigenvalue weighted by molar-refractivity contribution is 7.98. The zero-order chi connectivity index (χ0) is 14.3. The molecule has 0 radical (unpaired) electrons. The first-order valence-corrected chi connectivity index (χ1v) is 7.70. The minimum absolute atomic E-state index is 0.0216.